The Kier molecular flexibility index (Phi) is 7.39. The summed E-state index contributed by atoms with van der Waals surface area (Å²) in [4.78, 5) is 0. The van der Waals surface area contributed by atoms with Gasteiger partial charge in [0.1, 0.15) is 12.4 Å². The van der Waals surface area contributed by atoms with Crippen molar-refractivity contribution in [2.45, 2.75) is 26.6 Å². The second-order valence-electron chi connectivity index (χ2n) is 6.84. The number of ether oxygens (including phenoxy) is 3. The summed E-state index contributed by atoms with van der Waals surface area (Å²) in [5.41, 5.74) is 4.50. The van der Waals surface area contributed by atoms with E-state index in [4.69, 9.17) is 25.8 Å². The molecule has 0 saturated heterocycles. The molecule has 0 aliphatic rings. The van der Waals surface area contributed by atoms with E-state index in [9.17, 15) is 0 Å². The first-order valence-corrected chi connectivity index (χ1v) is 9.85. The molecule has 0 spiro atoms. The summed E-state index contributed by atoms with van der Waals surface area (Å²) in [5.74, 6) is 2.05. The number of hydrogen-bond donors (Lipinski definition) is 1. The Hall–Kier alpha value is -2.69. The van der Waals surface area contributed by atoms with Gasteiger partial charge in [-0.3, -0.25) is 0 Å². The number of methoxy groups -OCH3 is 2. The average molecular weight is 412 g/mol. The maximum Gasteiger partial charge on any atom is 0.180 e. The molecule has 0 atom stereocenters. The number of nitrogens with one attached hydrogen (secondary N) is 1. The van der Waals surface area contributed by atoms with Crippen molar-refractivity contribution >= 4 is 11.6 Å². The summed E-state index contributed by atoms with van der Waals surface area (Å²) >= 11 is 6.49. The molecule has 0 aliphatic heterocycles. The number of benzene rings is 3. The van der Waals surface area contributed by atoms with Gasteiger partial charge in [0.05, 0.1) is 19.2 Å². The van der Waals surface area contributed by atoms with Crippen LogP contribution in [-0.4, -0.2) is 14.2 Å². The van der Waals surface area contributed by atoms with Gasteiger partial charge in [-0.25, -0.2) is 0 Å². The fraction of sp³-hybridized carbons (Fsp3) is 0.250. The first-order chi connectivity index (χ1) is 14.1. The highest BCUT2D eigenvalue weighted by molar-refractivity contribution is 6.32. The standard InChI is InChI=1S/C24H26ClNO3/c1-17-5-4-6-19(11-17)16-29-24-22(25)12-20(13-23(24)28-3)15-26-14-18-7-9-21(27-2)10-8-18/h4-13,26H,14-16H2,1-3H3. The molecule has 0 bridgehead atoms. The van der Waals surface area contributed by atoms with Gasteiger partial charge in [0.25, 0.3) is 0 Å². The van der Waals surface area contributed by atoms with Crippen molar-refractivity contribution in [1.29, 1.82) is 0 Å². The van der Waals surface area contributed by atoms with Gasteiger partial charge in [0, 0.05) is 13.1 Å². The molecule has 0 radical (unpaired) electrons. The Morgan fingerprint density at radius 1 is 0.828 bits per heavy atom. The van der Waals surface area contributed by atoms with Crippen LogP contribution in [0.2, 0.25) is 5.02 Å². The van der Waals surface area contributed by atoms with E-state index in [1.165, 1.54) is 11.1 Å². The summed E-state index contributed by atoms with van der Waals surface area (Å²) < 4.78 is 16.7. The minimum Gasteiger partial charge on any atom is -0.497 e. The average Bonchev–Trinajstić information content (AvgIpc) is 2.73. The van der Waals surface area contributed by atoms with Crippen LogP contribution in [0, 0.1) is 6.92 Å². The zero-order valence-electron chi connectivity index (χ0n) is 17.0. The second-order valence-corrected chi connectivity index (χ2v) is 7.25. The second kappa shape index (κ2) is 10.2. The number of aryl methyl sites for hydroxylation is 1. The maximum atomic E-state index is 6.49. The predicted octanol–water partition coefficient (Wildman–Crippen LogP) is 5.53. The Bertz CT molecular complexity index is 941. The van der Waals surface area contributed by atoms with Crippen LogP contribution in [0.3, 0.4) is 0 Å². The molecule has 3 aromatic rings. The van der Waals surface area contributed by atoms with Crippen LogP contribution in [0.5, 0.6) is 17.2 Å². The molecule has 1 N–H and O–H groups in total. The number of halogens is 1. The fourth-order valence-corrected chi connectivity index (χ4v) is 3.36. The molecule has 4 nitrogen and oxygen atoms in total. The summed E-state index contributed by atoms with van der Waals surface area (Å²) in [6.07, 6.45) is 0. The molecule has 0 aromatic heterocycles. The third kappa shape index (κ3) is 5.89. The minimum atomic E-state index is 0.437. The van der Waals surface area contributed by atoms with Gasteiger partial charge in [-0.2, -0.15) is 0 Å². The lowest BCUT2D eigenvalue weighted by Gasteiger charge is -2.15. The molecular weight excluding hydrogens is 386 g/mol. The van der Waals surface area contributed by atoms with E-state index in [1.54, 1.807) is 14.2 Å². The van der Waals surface area contributed by atoms with Crippen molar-refractivity contribution in [2.24, 2.45) is 0 Å². The minimum absolute atomic E-state index is 0.437. The zero-order valence-corrected chi connectivity index (χ0v) is 17.8. The Balaban J connectivity index is 1.62. The molecule has 3 aromatic carbocycles. The quantitative estimate of drug-likeness (QED) is 0.502. The van der Waals surface area contributed by atoms with E-state index in [1.807, 2.05) is 48.5 Å². The number of hydrogen-bond acceptors (Lipinski definition) is 4. The molecule has 29 heavy (non-hydrogen) atoms. The van der Waals surface area contributed by atoms with Crippen LogP contribution < -0.4 is 19.5 Å². The van der Waals surface area contributed by atoms with Crippen LogP contribution in [-0.2, 0) is 19.7 Å². The van der Waals surface area contributed by atoms with E-state index in [2.05, 4.69) is 24.4 Å². The Morgan fingerprint density at radius 3 is 2.28 bits per heavy atom. The smallest absolute Gasteiger partial charge is 0.180 e. The fourth-order valence-electron chi connectivity index (χ4n) is 3.07. The van der Waals surface area contributed by atoms with Crippen molar-refractivity contribution in [3.63, 3.8) is 0 Å². The molecule has 3 rings (SSSR count). The van der Waals surface area contributed by atoms with Gasteiger partial charge < -0.3 is 19.5 Å². The van der Waals surface area contributed by atoms with Crippen molar-refractivity contribution in [3.05, 3.63) is 87.9 Å². The van der Waals surface area contributed by atoms with E-state index in [0.717, 1.165) is 23.4 Å². The van der Waals surface area contributed by atoms with Gasteiger partial charge in [0.2, 0.25) is 0 Å². The summed E-state index contributed by atoms with van der Waals surface area (Å²) in [6, 6.07) is 20.1. The lowest BCUT2D eigenvalue weighted by molar-refractivity contribution is 0.284. The van der Waals surface area contributed by atoms with Crippen molar-refractivity contribution in [2.75, 3.05) is 14.2 Å². The highest BCUT2D eigenvalue weighted by atomic mass is 35.5. The van der Waals surface area contributed by atoms with E-state index >= 15 is 0 Å². The van der Waals surface area contributed by atoms with E-state index < -0.39 is 0 Å². The topological polar surface area (TPSA) is 39.7 Å². The highest BCUT2D eigenvalue weighted by Crippen LogP contribution is 2.37. The molecule has 0 saturated carbocycles. The zero-order chi connectivity index (χ0) is 20.6. The largest absolute Gasteiger partial charge is 0.497 e. The van der Waals surface area contributed by atoms with Gasteiger partial charge in [0.15, 0.2) is 11.5 Å². The first kappa shape index (κ1) is 21.0. The molecule has 0 heterocycles. The molecule has 0 aliphatic carbocycles. The van der Waals surface area contributed by atoms with Crippen molar-refractivity contribution in [3.8, 4) is 17.2 Å². The van der Waals surface area contributed by atoms with Crippen molar-refractivity contribution < 1.29 is 14.2 Å². The molecular formula is C24H26ClNO3. The van der Waals surface area contributed by atoms with Crippen LogP contribution >= 0.6 is 11.6 Å². The van der Waals surface area contributed by atoms with Crippen molar-refractivity contribution in [1.82, 2.24) is 5.32 Å². The van der Waals surface area contributed by atoms with Crippen LogP contribution in [0.4, 0.5) is 0 Å². The van der Waals surface area contributed by atoms with Crippen LogP contribution in [0.15, 0.2) is 60.7 Å². The molecule has 152 valence electrons. The predicted molar refractivity (Wildman–Crippen MR) is 117 cm³/mol. The molecule has 5 heteroatoms. The normalized spacial score (nSPS) is 10.6. The molecule has 0 amide bonds. The summed E-state index contributed by atoms with van der Waals surface area (Å²) in [5, 5.41) is 3.96. The summed E-state index contributed by atoms with van der Waals surface area (Å²) in [7, 11) is 3.29. The number of rotatable bonds is 9. The van der Waals surface area contributed by atoms with Gasteiger partial charge in [-0.05, 0) is 47.9 Å². The molecule has 0 unspecified atom stereocenters. The lowest BCUT2D eigenvalue weighted by Crippen LogP contribution is -2.13. The maximum absolute atomic E-state index is 6.49. The SMILES string of the molecule is COc1ccc(CNCc2cc(Cl)c(OCc3cccc(C)c3)c(OC)c2)cc1. The third-order valence-corrected chi connectivity index (χ3v) is 4.85. The van der Waals surface area contributed by atoms with Gasteiger partial charge in [-0.15, -0.1) is 0 Å². The molecule has 0 fully saturated rings. The van der Waals surface area contributed by atoms with Gasteiger partial charge >= 0.3 is 0 Å². The van der Waals surface area contributed by atoms with Gasteiger partial charge in [-0.1, -0.05) is 53.6 Å². The first-order valence-electron chi connectivity index (χ1n) is 9.47. The summed E-state index contributed by atoms with van der Waals surface area (Å²) in [6.45, 7) is 3.91. The Labute approximate surface area is 177 Å². The highest BCUT2D eigenvalue weighted by Gasteiger charge is 2.12. The monoisotopic (exact) mass is 411 g/mol. The lowest BCUT2D eigenvalue weighted by atomic mass is 10.1. The Morgan fingerprint density at radius 2 is 1.59 bits per heavy atom. The van der Waals surface area contributed by atoms with Crippen LogP contribution in [0.1, 0.15) is 22.3 Å². The van der Waals surface area contributed by atoms with E-state index in [-0.39, 0.29) is 0 Å². The van der Waals surface area contributed by atoms with Crippen LogP contribution in [0.25, 0.3) is 0 Å². The third-order valence-electron chi connectivity index (χ3n) is 4.57. The van der Waals surface area contributed by atoms with E-state index in [0.29, 0.717) is 29.7 Å².